The summed E-state index contributed by atoms with van der Waals surface area (Å²) >= 11 is 1.53. The Morgan fingerprint density at radius 2 is 1.73 bits per heavy atom. The van der Waals surface area contributed by atoms with Crippen LogP contribution in [-0.4, -0.2) is 46.9 Å². The molecule has 0 radical (unpaired) electrons. The molecule has 3 atom stereocenters. The molecule has 0 unspecified atom stereocenters. The highest BCUT2D eigenvalue weighted by atomic mass is 32.2. The van der Waals surface area contributed by atoms with Gasteiger partial charge < -0.3 is 15.5 Å². The van der Waals surface area contributed by atoms with Crippen LogP contribution in [0.4, 0.5) is 24.5 Å². The number of nitrogens with zero attached hydrogens (tertiary/aromatic N) is 1. The summed E-state index contributed by atoms with van der Waals surface area (Å²) in [5.74, 6) is -2.49. The van der Waals surface area contributed by atoms with Crippen molar-refractivity contribution in [1.82, 2.24) is 5.32 Å². The summed E-state index contributed by atoms with van der Waals surface area (Å²) in [6.45, 7) is -0.0792. The molecule has 0 saturated heterocycles. The largest absolute Gasteiger partial charge is 0.471 e. The molecule has 1 aliphatic heterocycles. The van der Waals surface area contributed by atoms with E-state index in [4.69, 9.17) is 4.18 Å². The van der Waals surface area contributed by atoms with Crippen molar-refractivity contribution in [3.63, 3.8) is 0 Å². The highest BCUT2D eigenvalue weighted by Gasteiger charge is 2.61. The number of halogens is 3. The van der Waals surface area contributed by atoms with Crippen molar-refractivity contribution in [3.8, 4) is 0 Å². The zero-order valence-electron chi connectivity index (χ0n) is 24.6. The van der Waals surface area contributed by atoms with Crippen LogP contribution in [0.3, 0.4) is 0 Å². The number of anilines is 2. The molecule has 0 spiro atoms. The van der Waals surface area contributed by atoms with Crippen molar-refractivity contribution >= 4 is 49.9 Å². The molecule has 45 heavy (non-hydrogen) atoms. The van der Waals surface area contributed by atoms with Crippen LogP contribution in [0.15, 0.2) is 99.6 Å². The molecule has 0 bridgehead atoms. The lowest BCUT2D eigenvalue weighted by molar-refractivity contribution is -0.177. The lowest BCUT2D eigenvalue weighted by Crippen LogP contribution is -2.66. The second-order valence-corrected chi connectivity index (χ2v) is 14.3. The third-order valence-electron chi connectivity index (χ3n) is 8.44. The van der Waals surface area contributed by atoms with Crippen LogP contribution in [0.25, 0.3) is 10.8 Å². The van der Waals surface area contributed by atoms with Gasteiger partial charge in [0, 0.05) is 52.0 Å². The fraction of sp³-hybridized carbons (Fsp3) is 0.303. The number of hydrogen-bond donors (Lipinski definition) is 2. The van der Waals surface area contributed by atoms with Crippen LogP contribution in [-0.2, 0) is 19.1 Å². The number of nitrogens with one attached hydrogen (secondary N) is 2. The summed E-state index contributed by atoms with van der Waals surface area (Å²) in [5, 5.41) is 6.78. The van der Waals surface area contributed by atoms with E-state index in [-0.39, 0.29) is 23.8 Å². The van der Waals surface area contributed by atoms with Crippen molar-refractivity contribution in [2.75, 3.05) is 30.9 Å². The zero-order valence-corrected chi connectivity index (χ0v) is 26.2. The average molecular weight is 656 g/mol. The van der Waals surface area contributed by atoms with E-state index in [0.29, 0.717) is 23.9 Å². The number of rotatable bonds is 10. The Hall–Kier alpha value is -3.74. The molecule has 1 heterocycles. The molecular formula is C33H32F3N3O4S2. The van der Waals surface area contributed by atoms with E-state index in [1.807, 2.05) is 79.7 Å². The normalized spacial score (nSPS) is 20.6. The number of carbonyl (C=O) groups excluding carboxylic acids is 1. The Balaban J connectivity index is 1.16. The van der Waals surface area contributed by atoms with E-state index in [9.17, 15) is 26.4 Å². The minimum absolute atomic E-state index is 0.0792. The fourth-order valence-corrected chi connectivity index (χ4v) is 8.58. The summed E-state index contributed by atoms with van der Waals surface area (Å²) < 4.78 is 71.8. The van der Waals surface area contributed by atoms with Crippen LogP contribution in [0.2, 0.25) is 0 Å². The smallest absolute Gasteiger partial charge is 0.377 e. The molecule has 6 rings (SSSR count). The first-order valence-electron chi connectivity index (χ1n) is 14.5. The Morgan fingerprint density at radius 3 is 2.47 bits per heavy atom. The quantitative estimate of drug-likeness (QED) is 0.139. The SMILES string of the molecule is CN(C)c1cccc2c(S(=O)(=O)OCCC[C@H]3C[C@]4(NC(=O)C(F)(F)F)Nc5cc(Sc6ccccc6)ccc5[C@H]34)cccc12. The summed E-state index contributed by atoms with van der Waals surface area (Å²) in [6, 6.07) is 26.0. The Labute approximate surface area is 264 Å². The Morgan fingerprint density at radius 1 is 1.00 bits per heavy atom. The molecule has 2 N–H and O–H groups in total. The minimum atomic E-state index is -5.02. The number of carbonyl (C=O) groups is 1. The summed E-state index contributed by atoms with van der Waals surface area (Å²) in [7, 11) is -0.300. The predicted molar refractivity (Wildman–Crippen MR) is 169 cm³/mol. The van der Waals surface area contributed by atoms with E-state index in [2.05, 4.69) is 10.6 Å². The van der Waals surface area contributed by atoms with Crippen LogP contribution in [0, 0.1) is 5.92 Å². The topological polar surface area (TPSA) is 87.7 Å². The van der Waals surface area contributed by atoms with E-state index < -0.39 is 33.8 Å². The van der Waals surface area contributed by atoms with Crippen molar-refractivity contribution in [2.24, 2.45) is 5.92 Å². The lowest BCUT2D eigenvalue weighted by Gasteiger charge is -2.52. The molecule has 4 aromatic carbocycles. The van der Waals surface area contributed by atoms with E-state index >= 15 is 0 Å². The van der Waals surface area contributed by atoms with Gasteiger partial charge in [0.2, 0.25) is 0 Å². The first-order chi connectivity index (χ1) is 21.4. The van der Waals surface area contributed by atoms with Gasteiger partial charge in [-0.1, -0.05) is 60.3 Å². The van der Waals surface area contributed by atoms with Crippen molar-refractivity contribution in [3.05, 3.63) is 90.5 Å². The van der Waals surface area contributed by atoms with Gasteiger partial charge in [-0.15, -0.1) is 0 Å². The molecule has 1 amide bonds. The van der Waals surface area contributed by atoms with Gasteiger partial charge in [-0.3, -0.25) is 8.98 Å². The van der Waals surface area contributed by atoms with Gasteiger partial charge >= 0.3 is 12.1 Å². The fourth-order valence-electron chi connectivity index (χ4n) is 6.54. The third kappa shape index (κ3) is 6.10. The number of amides is 1. The van der Waals surface area contributed by atoms with Crippen molar-refractivity contribution in [1.29, 1.82) is 0 Å². The summed E-state index contributed by atoms with van der Waals surface area (Å²) in [5.41, 5.74) is 1.12. The second kappa shape index (κ2) is 11.9. The molecule has 236 valence electrons. The molecule has 4 aromatic rings. The summed E-state index contributed by atoms with van der Waals surface area (Å²) in [4.78, 5) is 16.0. The van der Waals surface area contributed by atoms with Gasteiger partial charge in [0.1, 0.15) is 10.6 Å². The van der Waals surface area contributed by atoms with Gasteiger partial charge in [0.25, 0.3) is 10.1 Å². The van der Waals surface area contributed by atoms with Gasteiger partial charge in [-0.05, 0) is 67.1 Å². The van der Waals surface area contributed by atoms with Crippen molar-refractivity contribution < 1.29 is 30.6 Å². The van der Waals surface area contributed by atoms with Crippen LogP contribution >= 0.6 is 11.8 Å². The van der Waals surface area contributed by atoms with Crippen molar-refractivity contribution in [2.45, 2.75) is 51.7 Å². The third-order valence-corrected chi connectivity index (χ3v) is 10.8. The standard InChI is InChI=1S/C33H32F3N3O4S2/c1-39(2)28-14-6-13-25-24(28)12-7-15-29(25)45(41,42)43-18-8-9-21-20-32(38-31(40)33(34,35)36)30(21)26-17-16-23(19-27(26)37-32)44-22-10-4-3-5-11-22/h3-7,10-17,19,21,30,37H,8-9,18,20H2,1-2H3,(H,38,40)/t21-,30-,32+/m0/s1. The molecule has 1 aliphatic carbocycles. The van der Waals surface area contributed by atoms with Gasteiger partial charge in [0.15, 0.2) is 0 Å². The zero-order chi connectivity index (χ0) is 32.0. The van der Waals surface area contributed by atoms with Crippen LogP contribution in [0.5, 0.6) is 0 Å². The van der Waals surface area contributed by atoms with Gasteiger partial charge in [-0.25, -0.2) is 0 Å². The first kappa shape index (κ1) is 31.3. The van der Waals surface area contributed by atoms with E-state index in [1.165, 1.54) is 17.8 Å². The minimum Gasteiger partial charge on any atom is -0.377 e. The molecule has 1 fully saturated rings. The molecular weight excluding hydrogens is 624 g/mol. The highest BCUT2D eigenvalue weighted by Crippen LogP contribution is 2.59. The number of fused-ring (bicyclic) bond motifs is 4. The lowest BCUT2D eigenvalue weighted by atomic mass is 9.61. The number of alkyl halides is 3. The van der Waals surface area contributed by atoms with E-state index in [1.54, 1.807) is 18.2 Å². The molecule has 12 heteroatoms. The predicted octanol–water partition coefficient (Wildman–Crippen LogP) is 7.15. The molecule has 7 nitrogen and oxygen atoms in total. The number of benzene rings is 4. The molecule has 1 saturated carbocycles. The average Bonchev–Trinajstić information content (AvgIpc) is 3.23. The van der Waals surface area contributed by atoms with Gasteiger partial charge in [0.05, 0.1) is 6.61 Å². The van der Waals surface area contributed by atoms with Crippen LogP contribution in [0.1, 0.15) is 30.7 Å². The summed E-state index contributed by atoms with van der Waals surface area (Å²) in [6.07, 6.45) is -3.88. The monoisotopic (exact) mass is 655 g/mol. The molecule has 0 aromatic heterocycles. The Kier molecular flexibility index (Phi) is 8.25. The maximum atomic E-state index is 13.3. The second-order valence-electron chi connectivity index (χ2n) is 11.6. The Bertz CT molecular complexity index is 1850. The van der Waals surface area contributed by atoms with Crippen LogP contribution < -0.4 is 15.5 Å². The number of hydrogen-bond acceptors (Lipinski definition) is 7. The van der Waals surface area contributed by atoms with Gasteiger partial charge in [-0.2, -0.15) is 21.6 Å². The molecule has 2 aliphatic rings. The maximum absolute atomic E-state index is 13.3. The first-order valence-corrected chi connectivity index (χ1v) is 16.7. The van der Waals surface area contributed by atoms with E-state index in [0.717, 1.165) is 26.4 Å². The highest BCUT2D eigenvalue weighted by molar-refractivity contribution is 7.99. The maximum Gasteiger partial charge on any atom is 0.471 e.